The fourth-order valence-electron chi connectivity index (χ4n) is 1.90. The number of methoxy groups -OCH3 is 1. The zero-order valence-electron chi connectivity index (χ0n) is 9.68. The molecule has 0 N–H and O–H groups in total. The molecule has 0 radical (unpaired) electrons. The van der Waals surface area contributed by atoms with Crippen molar-refractivity contribution in [2.45, 2.75) is 6.54 Å². The van der Waals surface area contributed by atoms with E-state index in [9.17, 15) is 19.3 Å². The minimum atomic E-state index is -0.917. The first-order valence-electron chi connectivity index (χ1n) is 5.29. The Balaban J connectivity index is 2.32. The number of nitro benzene ring substituents is 1. The summed E-state index contributed by atoms with van der Waals surface area (Å²) in [6, 6.07) is 2.05. The quantitative estimate of drug-likeness (QED) is 0.600. The van der Waals surface area contributed by atoms with Crippen molar-refractivity contribution in [1.29, 1.82) is 0 Å². The van der Waals surface area contributed by atoms with Crippen LogP contribution in [0.2, 0.25) is 0 Å². The summed E-state index contributed by atoms with van der Waals surface area (Å²) in [5, 5.41) is 10.6. The van der Waals surface area contributed by atoms with E-state index in [0.29, 0.717) is 18.7 Å². The molecule has 1 aliphatic rings. The summed E-state index contributed by atoms with van der Waals surface area (Å²) in [5.74, 6) is -1.25. The van der Waals surface area contributed by atoms with Crippen LogP contribution < -0.4 is 0 Å². The Kier molecular flexibility index (Phi) is 3.24. The second-order valence-corrected chi connectivity index (χ2v) is 3.94. The molecule has 0 spiro atoms. The smallest absolute Gasteiger partial charge is 0.305 e. The average Bonchev–Trinajstić information content (AvgIpc) is 2.61. The molecule has 6 nitrogen and oxygen atoms in total. The number of fused-ring (bicyclic) bond motifs is 1. The molecular weight excluding hydrogens is 243 g/mol. The maximum absolute atomic E-state index is 13.4. The van der Waals surface area contributed by atoms with Gasteiger partial charge in [-0.1, -0.05) is 0 Å². The number of ether oxygens (including phenoxy) is 1. The maximum atomic E-state index is 13.4. The molecule has 1 aromatic carbocycles. The molecule has 0 unspecified atom stereocenters. The molecule has 0 aliphatic carbocycles. The second-order valence-electron chi connectivity index (χ2n) is 3.94. The molecule has 0 atom stereocenters. The van der Waals surface area contributed by atoms with Crippen LogP contribution in [0.4, 0.5) is 10.1 Å². The average molecular weight is 254 g/mol. The van der Waals surface area contributed by atoms with Crippen LogP contribution in [-0.4, -0.2) is 36.0 Å². The standard InChI is InChI=1S/C11H11FN2O4/c1-18-3-2-13-6-7-4-9(12)10(14(16)17)5-8(7)11(13)15/h4-5H,2-3,6H2,1H3. The Morgan fingerprint density at radius 3 is 2.89 bits per heavy atom. The van der Waals surface area contributed by atoms with Crippen LogP contribution in [-0.2, 0) is 11.3 Å². The molecule has 96 valence electrons. The first-order chi connectivity index (χ1) is 8.54. The van der Waals surface area contributed by atoms with Crippen molar-refractivity contribution in [1.82, 2.24) is 4.90 Å². The second kappa shape index (κ2) is 4.69. The maximum Gasteiger partial charge on any atom is 0.305 e. The molecular formula is C11H11FN2O4. The Hall–Kier alpha value is -2.02. The SMILES string of the molecule is COCCN1Cc2cc(F)c([N+](=O)[O-])cc2C1=O. The molecule has 2 rings (SSSR count). The summed E-state index contributed by atoms with van der Waals surface area (Å²) in [5.41, 5.74) is -0.00547. The minimum Gasteiger partial charge on any atom is -0.383 e. The van der Waals surface area contributed by atoms with E-state index in [1.165, 1.54) is 12.0 Å². The predicted molar refractivity (Wildman–Crippen MR) is 59.7 cm³/mol. The zero-order chi connectivity index (χ0) is 13.3. The van der Waals surface area contributed by atoms with Crippen LogP contribution in [0, 0.1) is 15.9 Å². The predicted octanol–water partition coefficient (Wildman–Crippen LogP) is 1.34. The van der Waals surface area contributed by atoms with E-state index in [4.69, 9.17) is 4.74 Å². The number of halogens is 1. The number of carbonyl (C=O) groups excluding carboxylic acids is 1. The lowest BCUT2D eigenvalue weighted by Crippen LogP contribution is -2.27. The van der Waals surface area contributed by atoms with Gasteiger partial charge in [-0.25, -0.2) is 0 Å². The van der Waals surface area contributed by atoms with E-state index >= 15 is 0 Å². The largest absolute Gasteiger partial charge is 0.383 e. The Morgan fingerprint density at radius 1 is 1.56 bits per heavy atom. The molecule has 1 aliphatic heterocycles. The van der Waals surface area contributed by atoms with Gasteiger partial charge in [0.2, 0.25) is 5.82 Å². The summed E-state index contributed by atoms with van der Waals surface area (Å²) >= 11 is 0. The Bertz CT molecular complexity index is 518. The van der Waals surface area contributed by atoms with Crippen LogP contribution >= 0.6 is 0 Å². The summed E-state index contributed by atoms with van der Waals surface area (Å²) in [7, 11) is 1.51. The minimum absolute atomic E-state index is 0.194. The molecule has 18 heavy (non-hydrogen) atoms. The van der Waals surface area contributed by atoms with Gasteiger partial charge in [0.15, 0.2) is 0 Å². The van der Waals surface area contributed by atoms with Crippen molar-refractivity contribution >= 4 is 11.6 Å². The molecule has 0 aromatic heterocycles. The lowest BCUT2D eigenvalue weighted by molar-refractivity contribution is -0.387. The molecule has 7 heteroatoms. The molecule has 0 fully saturated rings. The van der Waals surface area contributed by atoms with E-state index in [2.05, 4.69) is 0 Å². The number of carbonyl (C=O) groups is 1. The van der Waals surface area contributed by atoms with Crippen molar-refractivity contribution in [2.75, 3.05) is 20.3 Å². The van der Waals surface area contributed by atoms with Gasteiger partial charge >= 0.3 is 5.69 Å². The summed E-state index contributed by atoms with van der Waals surface area (Å²) < 4.78 is 18.3. The van der Waals surface area contributed by atoms with Gasteiger partial charge < -0.3 is 9.64 Å². The van der Waals surface area contributed by atoms with E-state index in [1.54, 1.807) is 0 Å². The van der Waals surface area contributed by atoms with E-state index in [-0.39, 0.29) is 18.0 Å². The van der Waals surface area contributed by atoms with Gasteiger partial charge in [0, 0.05) is 26.3 Å². The van der Waals surface area contributed by atoms with Crippen molar-refractivity contribution in [3.05, 3.63) is 39.2 Å². The molecule has 1 heterocycles. The third-order valence-electron chi connectivity index (χ3n) is 2.81. The number of amides is 1. The van der Waals surface area contributed by atoms with Crippen LogP contribution in [0.5, 0.6) is 0 Å². The molecule has 1 aromatic rings. The number of nitro groups is 1. The molecule has 0 saturated carbocycles. The highest BCUT2D eigenvalue weighted by Gasteiger charge is 2.31. The van der Waals surface area contributed by atoms with E-state index < -0.39 is 16.4 Å². The van der Waals surface area contributed by atoms with Gasteiger partial charge in [0.1, 0.15) is 0 Å². The van der Waals surface area contributed by atoms with Crippen LogP contribution in [0.15, 0.2) is 12.1 Å². The highest BCUT2D eigenvalue weighted by atomic mass is 19.1. The van der Waals surface area contributed by atoms with E-state index in [1.807, 2.05) is 0 Å². The number of rotatable bonds is 4. The normalized spacial score (nSPS) is 13.9. The first kappa shape index (κ1) is 12.4. The van der Waals surface area contributed by atoms with Crippen LogP contribution in [0.3, 0.4) is 0 Å². The van der Waals surface area contributed by atoms with Gasteiger partial charge in [0.25, 0.3) is 5.91 Å². The summed E-state index contributed by atoms with van der Waals surface area (Å²) in [6.45, 7) is 0.996. The number of hydrogen-bond donors (Lipinski definition) is 0. The highest BCUT2D eigenvalue weighted by Crippen LogP contribution is 2.28. The monoisotopic (exact) mass is 254 g/mol. The van der Waals surface area contributed by atoms with Crippen LogP contribution in [0.1, 0.15) is 15.9 Å². The van der Waals surface area contributed by atoms with E-state index in [0.717, 1.165) is 12.1 Å². The van der Waals surface area contributed by atoms with Crippen molar-refractivity contribution in [3.63, 3.8) is 0 Å². The summed E-state index contributed by atoms with van der Waals surface area (Å²) in [4.78, 5) is 23.2. The highest BCUT2D eigenvalue weighted by molar-refractivity contribution is 5.99. The zero-order valence-corrected chi connectivity index (χ0v) is 9.68. The topological polar surface area (TPSA) is 72.7 Å². The van der Waals surface area contributed by atoms with Crippen molar-refractivity contribution in [2.24, 2.45) is 0 Å². The van der Waals surface area contributed by atoms with Gasteiger partial charge in [-0.05, 0) is 11.6 Å². The molecule has 0 bridgehead atoms. The first-order valence-corrected chi connectivity index (χ1v) is 5.29. The Labute approximate surface area is 102 Å². The Morgan fingerprint density at radius 2 is 2.28 bits per heavy atom. The molecule has 1 amide bonds. The molecule has 0 saturated heterocycles. The number of hydrogen-bond acceptors (Lipinski definition) is 4. The van der Waals surface area contributed by atoms with Gasteiger partial charge in [0.05, 0.1) is 17.1 Å². The number of nitrogens with zero attached hydrogens (tertiary/aromatic N) is 2. The van der Waals surface area contributed by atoms with Crippen molar-refractivity contribution < 1.29 is 18.8 Å². The van der Waals surface area contributed by atoms with Crippen molar-refractivity contribution in [3.8, 4) is 0 Å². The lowest BCUT2D eigenvalue weighted by atomic mass is 10.1. The van der Waals surface area contributed by atoms with Gasteiger partial charge in [-0.3, -0.25) is 14.9 Å². The van der Waals surface area contributed by atoms with Gasteiger partial charge in [-0.15, -0.1) is 0 Å². The van der Waals surface area contributed by atoms with Gasteiger partial charge in [-0.2, -0.15) is 4.39 Å². The lowest BCUT2D eigenvalue weighted by Gasteiger charge is -2.14. The van der Waals surface area contributed by atoms with Crippen LogP contribution in [0.25, 0.3) is 0 Å². The third-order valence-corrected chi connectivity index (χ3v) is 2.81. The number of benzene rings is 1. The fraction of sp³-hybridized carbons (Fsp3) is 0.364. The summed E-state index contributed by atoms with van der Waals surface area (Å²) in [6.07, 6.45) is 0. The fourth-order valence-corrected chi connectivity index (χ4v) is 1.90. The third kappa shape index (κ3) is 2.04.